The Morgan fingerprint density at radius 1 is 1.43 bits per heavy atom. The lowest BCUT2D eigenvalue weighted by Crippen LogP contribution is -2.42. The number of hydrogen-bond acceptors (Lipinski definition) is 5. The quantitative estimate of drug-likeness (QED) is 0.805. The summed E-state index contributed by atoms with van der Waals surface area (Å²) in [7, 11) is 1.52. The zero-order valence-electron chi connectivity index (χ0n) is 15.4. The van der Waals surface area contributed by atoms with Crippen molar-refractivity contribution in [1.82, 2.24) is 4.57 Å². The third-order valence-corrected chi connectivity index (χ3v) is 5.79. The SMILES string of the molecule is COC1(CN)CCN(c2c(F)cc3c(=O)c(C(=O)O)cn(C4CC4)c3c2F)C1. The van der Waals surface area contributed by atoms with Crippen LogP contribution in [0.3, 0.4) is 0 Å². The van der Waals surface area contributed by atoms with Crippen molar-refractivity contribution < 1.29 is 23.4 Å². The maximum atomic E-state index is 15.5. The highest BCUT2D eigenvalue weighted by Gasteiger charge is 2.40. The summed E-state index contributed by atoms with van der Waals surface area (Å²) < 4.78 is 37.4. The standard InChI is InChI=1S/C19H21F2N3O4/c1-28-19(8-22)4-5-23(9-19)16-13(20)6-11-15(14(16)21)24(10-2-3-10)7-12(17(11)25)18(26)27/h6-7,10H,2-5,8-9,22H2,1H3,(H,26,27). The van der Waals surface area contributed by atoms with Gasteiger partial charge >= 0.3 is 5.97 Å². The van der Waals surface area contributed by atoms with Crippen LogP contribution in [0.25, 0.3) is 10.9 Å². The number of carbonyl (C=O) groups is 1. The summed E-state index contributed by atoms with van der Waals surface area (Å²) in [4.78, 5) is 25.5. The highest BCUT2D eigenvalue weighted by atomic mass is 19.1. The molecule has 0 radical (unpaired) electrons. The second-order valence-electron chi connectivity index (χ2n) is 7.50. The van der Waals surface area contributed by atoms with Crippen molar-refractivity contribution in [2.45, 2.75) is 30.9 Å². The molecule has 1 saturated carbocycles. The molecule has 1 aromatic carbocycles. The van der Waals surface area contributed by atoms with E-state index in [9.17, 15) is 19.1 Å². The molecule has 1 atom stereocenters. The number of fused-ring (bicyclic) bond motifs is 1. The zero-order valence-corrected chi connectivity index (χ0v) is 15.4. The third kappa shape index (κ3) is 2.77. The number of halogens is 2. The molecule has 28 heavy (non-hydrogen) atoms. The largest absolute Gasteiger partial charge is 0.477 e. The molecule has 1 aliphatic heterocycles. The Hall–Kier alpha value is -2.52. The van der Waals surface area contributed by atoms with Crippen LogP contribution >= 0.6 is 0 Å². The molecule has 1 saturated heterocycles. The average Bonchev–Trinajstić information content (AvgIpc) is 3.42. The lowest BCUT2D eigenvalue weighted by molar-refractivity contribution is 0.0168. The molecular formula is C19H21F2N3O4. The first-order valence-corrected chi connectivity index (χ1v) is 9.12. The van der Waals surface area contributed by atoms with Crippen LogP contribution in [0.15, 0.2) is 17.1 Å². The maximum absolute atomic E-state index is 15.5. The monoisotopic (exact) mass is 393 g/mol. The molecule has 1 unspecified atom stereocenters. The molecule has 2 fully saturated rings. The van der Waals surface area contributed by atoms with E-state index in [1.807, 2.05) is 0 Å². The van der Waals surface area contributed by atoms with Gasteiger partial charge in [-0.25, -0.2) is 13.6 Å². The predicted molar refractivity (Wildman–Crippen MR) is 99.0 cm³/mol. The lowest BCUT2D eigenvalue weighted by atomic mass is 10.0. The van der Waals surface area contributed by atoms with Gasteiger partial charge in [-0.2, -0.15) is 0 Å². The van der Waals surface area contributed by atoms with Crippen molar-refractivity contribution in [2.75, 3.05) is 31.6 Å². The molecule has 2 aromatic rings. The number of hydrogen-bond donors (Lipinski definition) is 2. The van der Waals surface area contributed by atoms with Crippen LogP contribution in [-0.4, -0.2) is 48.0 Å². The van der Waals surface area contributed by atoms with Crippen molar-refractivity contribution in [3.63, 3.8) is 0 Å². The minimum atomic E-state index is -1.42. The number of aromatic nitrogens is 1. The number of carboxylic acids is 1. The van der Waals surface area contributed by atoms with Crippen molar-refractivity contribution >= 4 is 22.6 Å². The molecule has 150 valence electrons. The van der Waals surface area contributed by atoms with E-state index >= 15 is 4.39 Å². The van der Waals surface area contributed by atoms with Crippen molar-refractivity contribution in [3.8, 4) is 0 Å². The fraction of sp³-hybridized carbons (Fsp3) is 0.474. The van der Waals surface area contributed by atoms with Gasteiger partial charge in [-0.1, -0.05) is 0 Å². The molecular weight excluding hydrogens is 372 g/mol. The highest BCUT2D eigenvalue weighted by Crippen LogP contribution is 2.40. The summed E-state index contributed by atoms with van der Waals surface area (Å²) in [5.74, 6) is -3.19. The number of nitrogens with zero attached hydrogens (tertiary/aromatic N) is 2. The Morgan fingerprint density at radius 2 is 2.14 bits per heavy atom. The fourth-order valence-corrected chi connectivity index (χ4v) is 3.97. The third-order valence-electron chi connectivity index (χ3n) is 5.79. The summed E-state index contributed by atoms with van der Waals surface area (Å²) in [6.07, 6.45) is 3.17. The number of benzene rings is 1. The number of anilines is 1. The van der Waals surface area contributed by atoms with E-state index < -0.39 is 34.2 Å². The Morgan fingerprint density at radius 3 is 2.68 bits per heavy atom. The minimum absolute atomic E-state index is 0.0587. The number of ether oxygens (including phenoxy) is 1. The molecule has 0 bridgehead atoms. The molecule has 3 N–H and O–H groups in total. The summed E-state index contributed by atoms with van der Waals surface area (Å²) in [5.41, 5.74) is 3.42. The Bertz CT molecular complexity index is 1030. The van der Waals surface area contributed by atoms with Gasteiger partial charge in [0, 0.05) is 39.0 Å². The number of nitrogens with two attached hydrogens (primary N) is 1. The van der Waals surface area contributed by atoms with Crippen molar-refractivity contribution in [1.29, 1.82) is 0 Å². The topological polar surface area (TPSA) is 97.8 Å². The summed E-state index contributed by atoms with van der Waals surface area (Å²) >= 11 is 0. The molecule has 0 amide bonds. The second kappa shape index (κ2) is 6.52. The number of aromatic carboxylic acids is 1. The summed E-state index contributed by atoms with van der Waals surface area (Å²) in [5, 5.41) is 9.03. The van der Waals surface area contributed by atoms with Crippen molar-refractivity contribution in [2.24, 2.45) is 5.73 Å². The normalized spacial score (nSPS) is 22.2. The van der Waals surface area contributed by atoms with Gasteiger partial charge in [0.15, 0.2) is 5.82 Å². The number of rotatable bonds is 5. The first-order valence-electron chi connectivity index (χ1n) is 9.12. The molecule has 4 rings (SSSR count). The van der Waals surface area contributed by atoms with Crippen LogP contribution in [0, 0.1) is 11.6 Å². The van der Waals surface area contributed by atoms with Crippen LogP contribution in [0.2, 0.25) is 0 Å². The van der Waals surface area contributed by atoms with E-state index in [2.05, 4.69) is 0 Å². The van der Waals surface area contributed by atoms with Gasteiger partial charge in [0.25, 0.3) is 0 Å². The smallest absolute Gasteiger partial charge is 0.341 e. The number of carboxylic acid groups (broad SMARTS) is 1. The van der Waals surface area contributed by atoms with Gasteiger partial charge in [-0.15, -0.1) is 0 Å². The van der Waals surface area contributed by atoms with Gasteiger partial charge in [0.1, 0.15) is 17.1 Å². The van der Waals surface area contributed by atoms with E-state index in [1.54, 1.807) is 0 Å². The zero-order chi connectivity index (χ0) is 20.2. The van der Waals surface area contributed by atoms with Crippen LogP contribution < -0.4 is 16.1 Å². The van der Waals surface area contributed by atoms with E-state index in [1.165, 1.54) is 22.8 Å². The fourth-order valence-electron chi connectivity index (χ4n) is 3.97. The van der Waals surface area contributed by atoms with Crippen LogP contribution in [0.5, 0.6) is 0 Å². The van der Waals surface area contributed by atoms with Gasteiger partial charge in [0.2, 0.25) is 5.43 Å². The van der Waals surface area contributed by atoms with E-state index in [0.29, 0.717) is 13.0 Å². The van der Waals surface area contributed by atoms with Gasteiger partial charge in [0.05, 0.1) is 16.5 Å². The van der Waals surface area contributed by atoms with E-state index in [0.717, 1.165) is 18.9 Å². The number of methoxy groups -OCH3 is 1. The maximum Gasteiger partial charge on any atom is 0.341 e. The first-order chi connectivity index (χ1) is 13.3. The molecule has 1 aliphatic carbocycles. The number of pyridine rings is 1. The Kier molecular flexibility index (Phi) is 4.39. The van der Waals surface area contributed by atoms with Gasteiger partial charge in [-0.05, 0) is 25.3 Å². The van der Waals surface area contributed by atoms with Gasteiger partial charge in [-0.3, -0.25) is 4.79 Å². The molecule has 0 spiro atoms. The average molecular weight is 393 g/mol. The van der Waals surface area contributed by atoms with Crippen LogP contribution in [0.1, 0.15) is 35.7 Å². The summed E-state index contributed by atoms with van der Waals surface area (Å²) in [6.45, 7) is 0.789. The van der Waals surface area contributed by atoms with Crippen LogP contribution in [0.4, 0.5) is 14.5 Å². The van der Waals surface area contributed by atoms with Crippen molar-refractivity contribution in [3.05, 3.63) is 39.7 Å². The molecule has 7 nitrogen and oxygen atoms in total. The molecule has 1 aromatic heterocycles. The lowest BCUT2D eigenvalue weighted by Gasteiger charge is -2.27. The van der Waals surface area contributed by atoms with Gasteiger partial charge < -0.3 is 25.0 Å². The molecule has 2 aliphatic rings. The first kappa shape index (κ1) is 18.8. The van der Waals surface area contributed by atoms with Crippen LogP contribution in [-0.2, 0) is 4.74 Å². The Labute approximate surface area is 159 Å². The predicted octanol–water partition coefficient (Wildman–Crippen LogP) is 1.87. The minimum Gasteiger partial charge on any atom is -0.477 e. The molecule has 9 heteroatoms. The highest BCUT2D eigenvalue weighted by molar-refractivity contribution is 5.94. The second-order valence-corrected chi connectivity index (χ2v) is 7.50. The van der Waals surface area contributed by atoms with E-state index in [-0.39, 0.29) is 35.7 Å². The Balaban J connectivity index is 1.94. The summed E-state index contributed by atoms with van der Waals surface area (Å²) in [6, 6.07) is 0.839. The molecule has 2 heterocycles. The van der Waals surface area contributed by atoms with E-state index in [4.69, 9.17) is 10.5 Å².